The molecule has 0 N–H and O–H groups in total. The van der Waals surface area contributed by atoms with Gasteiger partial charge in [-0.3, -0.25) is 0 Å². The second-order valence-corrected chi connectivity index (χ2v) is 5.18. The number of rotatable bonds is 5. The van der Waals surface area contributed by atoms with Gasteiger partial charge in [0.15, 0.2) is 5.79 Å². The Labute approximate surface area is 92.6 Å². The highest BCUT2D eigenvalue weighted by atomic mass is 16.7. The van der Waals surface area contributed by atoms with Gasteiger partial charge in [0.2, 0.25) is 0 Å². The molecule has 1 saturated heterocycles. The summed E-state index contributed by atoms with van der Waals surface area (Å²) in [7, 11) is 0. The lowest BCUT2D eigenvalue weighted by atomic mass is 10.2. The van der Waals surface area contributed by atoms with Crippen molar-refractivity contribution in [1.82, 2.24) is 0 Å². The van der Waals surface area contributed by atoms with Crippen LogP contribution < -0.4 is 0 Å². The van der Waals surface area contributed by atoms with E-state index in [-0.39, 0.29) is 5.79 Å². The molecule has 0 bridgehead atoms. The standard InChI is InChI=1S/C13H22O2/c1-13(2)14-10-12(15-13)7-5-3-4-6-11-8-9-11/h3-4,11-12H,5-10H2,1-2H3/b4-3-/t12-/m0/s1. The van der Waals surface area contributed by atoms with Crippen LogP contribution in [0.1, 0.15) is 46.0 Å². The Hall–Kier alpha value is -0.340. The van der Waals surface area contributed by atoms with E-state index in [1.165, 1.54) is 19.3 Å². The van der Waals surface area contributed by atoms with Gasteiger partial charge in [0.1, 0.15) is 0 Å². The quantitative estimate of drug-likeness (QED) is 0.648. The van der Waals surface area contributed by atoms with Crippen molar-refractivity contribution in [2.75, 3.05) is 6.61 Å². The second kappa shape index (κ2) is 4.67. The molecule has 2 rings (SSSR count). The van der Waals surface area contributed by atoms with Crippen LogP contribution in [0.15, 0.2) is 12.2 Å². The highest BCUT2D eigenvalue weighted by Crippen LogP contribution is 2.32. The van der Waals surface area contributed by atoms with Gasteiger partial charge in [-0.2, -0.15) is 0 Å². The Bertz CT molecular complexity index is 229. The molecule has 1 atom stereocenters. The Kier molecular flexibility index (Phi) is 3.47. The third kappa shape index (κ3) is 3.96. The van der Waals surface area contributed by atoms with Crippen molar-refractivity contribution < 1.29 is 9.47 Å². The summed E-state index contributed by atoms with van der Waals surface area (Å²) in [5, 5.41) is 0. The zero-order valence-electron chi connectivity index (χ0n) is 9.87. The van der Waals surface area contributed by atoms with Gasteiger partial charge in [0.05, 0.1) is 12.7 Å². The van der Waals surface area contributed by atoms with Crippen molar-refractivity contribution in [3.05, 3.63) is 12.2 Å². The third-order valence-corrected chi connectivity index (χ3v) is 3.06. The maximum Gasteiger partial charge on any atom is 0.163 e. The fourth-order valence-corrected chi connectivity index (χ4v) is 1.95. The number of hydrogen-bond donors (Lipinski definition) is 0. The van der Waals surface area contributed by atoms with Gasteiger partial charge in [-0.1, -0.05) is 12.2 Å². The van der Waals surface area contributed by atoms with E-state index in [0.717, 1.165) is 25.4 Å². The summed E-state index contributed by atoms with van der Waals surface area (Å²) < 4.78 is 11.2. The van der Waals surface area contributed by atoms with Crippen LogP contribution in [-0.4, -0.2) is 18.5 Å². The monoisotopic (exact) mass is 210 g/mol. The molecule has 0 aromatic heterocycles. The van der Waals surface area contributed by atoms with Gasteiger partial charge in [-0.25, -0.2) is 0 Å². The van der Waals surface area contributed by atoms with Crippen LogP contribution in [0.2, 0.25) is 0 Å². The molecule has 2 aliphatic rings. The fourth-order valence-electron chi connectivity index (χ4n) is 1.95. The van der Waals surface area contributed by atoms with Crippen LogP contribution in [0, 0.1) is 5.92 Å². The van der Waals surface area contributed by atoms with Crippen LogP contribution in [0.4, 0.5) is 0 Å². The van der Waals surface area contributed by atoms with E-state index in [0.29, 0.717) is 6.10 Å². The smallest absolute Gasteiger partial charge is 0.163 e. The molecule has 0 unspecified atom stereocenters. The molecule has 0 aromatic carbocycles. The topological polar surface area (TPSA) is 18.5 Å². The molecule has 2 fully saturated rings. The Morgan fingerprint density at radius 2 is 2.07 bits per heavy atom. The van der Waals surface area contributed by atoms with Gasteiger partial charge >= 0.3 is 0 Å². The molecular formula is C13H22O2. The largest absolute Gasteiger partial charge is 0.348 e. The molecule has 0 aromatic rings. The Morgan fingerprint density at radius 3 is 2.67 bits per heavy atom. The maximum atomic E-state index is 5.73. The average molecular weight is 210 g/mol. The van der Waals surface area contributed by atoms with E-state index in [9.17, 15) is 0 Å². The molecule has 15 heavy (non-hydrogen) atoms. The fraction of sp³-hybridized carbons (Fsp3) is 0.846. The molecule has 1 aliphatic heterocycles. The van der Waals surface area contributed by atoms with Gasteiger partial charge < -0.3 is 9.47 Å². The highest BCUT2D eigenvalue weighted by molar-refractivity contribution is 4.89. The molecular weight excluding hydrogens is 188 g/mol. The predicted molar refractivity (Wildman–Crippen MR) is 60.6 cm³/mol. The Morgan fingerprint density at radius 1 is 1.27 bits per heavy atom. The summed E-state index contributed by atoms with van der Waals surface area (Å²) in [5.41, 5.74) is 0. The van der Waals surface area contributed by atoms with E-state index < -0.39 is 0 Å². The predicted octanol–water partition coefficient (Wildman–Crippen LogP) is 3.27. The van der Waals surface area contributed by atoms with Crippen LogP contribution >= 0.6 is 0 Å². The zero-order chi connectivity index (χ0) is 10.7. The van der Waals surface area contributed by atoms with Crippen LogP contribution in [-0.2, 0) is 9.47 Å². The van der Waals surface area contributed by atoms with Crippen molar-refractivity contribution in [2.45, 2.75) is 57.8 Å². The summed E-state index contributed by atoms with van der Waals surface area (Å²) in [6.45, 7) is 4.72. The van der Waals surface area contributed by atoms with E-state index in [1.54, 1.807) is 0 Å². The lowest BCUT2D eigenvalue weighted by molar-refractivity contribution is -0.138. The Balaban J connectivity index is 1.55. The van der Waals surface area contributed by atoms with Crippen molar-refractivity contribution in [2.24, 2.45) is 5.92 Å². The van der Waals surface area contributed by atoms with E-state index in [4.69, 9.17) is 9.47 Å². The van der Waals surface area contributed by atoms with E-state index in [1.807, 2.05) is 13.8 Å². The number of ether oxygens (including phenoxy) is 2. The van der Waals surface area contributed by atoms with Crippen molar-refractivity contribution in [3.63, 3.8) is 0 Å². The van der Waals surface area contributed by atoms with Gasteiger partial charge in [0.25, 0.3) is 0 Å². The molecule has 86 valence electrons. The summed E-state index contributed by atoms with van der Waals surface area (Å²) in [6, 6.07) is 0. The normalized spacial score (nSPS) is 30.1. The van der Waals surface area contributed by atoms with Gasteiger partial charge in [-0.15, -0.1) is 0 Å². The summed E-state index contributed by atoms with van der Waals surface area (Å²) in [4.78, 5) is 0. The van der Waals surface area contributed by atoms with Gasteiger partial charge in [-0.05, 0) is 51.9 Å². The minimum absolute atomic E-state index is 0.297. The second-order valence-electron chi connectivity index (χ2n) is 5.18. The molecule has 1 saturated carbocycles. The highest BCUT2D eigenvalue weighted by Gasteiger charge is 2.31. The lowest BCUT2D eigenvalue weighted by Crippen LogP contribution is -2.21. The maximum absolute atomic E-state index is 5.73. The molecule has 0 amide bonds. The summed E-state index contributed by atoms with van der Waals surface area (Å²) in [5.74, 6) is 0.647. The summed E-state index contributed by atoms with van der Waals surface area (Å²) >= 11 is 0. The molecule has 0 radical (unpaired) electrons. The first-order valence-corrected chi connectivity index (χ1v) is 6.12. The molecule has 2 heteroatoms. The third-order valence-electron chi connectivity index (χ3n) is 3.06. The minimum Gasteiger partial charge on any atom is -0.348 e. The first kappa shape index (κ1) is 11.2. The SMILES string of the molecule is CC1(C)OC[C@H](CC/C=C\CC2CC2)O1. The van der Waals surface area contributed by atoms with Crippen molar-refractivity contribution in [1.29, 1.82) is 0 Å². The zero-order valence-corrected chi connectivity index (χ0v) is 9.87. The van der Waals surface area contributed by atoms with Crippen LogP contribution in [0.25, 0.3) is 0 Å². The molecule has 1 aliphatic carbocycles. The number of hydrogen-bond acceptors (Lipinski definition) is 2. The first-order chi connectivity index (χ1) is 7.16. The molecule has 1 heterocycles. The number of allylic oxidation sites excluding steroid dienone is 2. The summed E-state index contributed by atoms with van der Waals surface area (Å²) in [6.07, 6.45) is 11.3. The van der Waals surface area contributed by atoms with Crippen LogP contribution in [0.3, 0.4) is 0 Å². The average Bonchev–Trinajstić information content (AvgIpc) is 2.91. The molecule has 0 spiro atoms. The van der Waals surface area contributed by atoms with Crippen LogP contribution in [0.5, 0.6) is 0 Å². The van der Waals surface area contributed by atoms with E-state index >= 15 is 0 Å². The van der Waals surface area contributed by atoms with E-state index in [2.05, 4.69) is 12.2 Å². The lowest BCUT2D eigenvalue weighted by Gasteiger charge is -2.16. The van der Waals surface area contributed by atoms with Gasteiger partial charge in [0, 0.05) is 0 Å². The van der Waals surface area contributed by atoms with Crippen molar-refractivity contribution >= 4 is 0 Å². The first-order valence-electron chi connectivity index (χ1n) is 6.12. The van der Waals surface area contributed by atoms with Crippen molar-refractivity contribution in [3.8, 4) is 0 Å². The molecule has 2 nitrogen and oxygen atoms in total. The minimum atomic E-state index is -0.359.